The van der Waals surface area contributed by atoms with Crippen LogP contribution in [0.4, 0.5) is 13.2 Å². The Kier molecular flexibility index (Phi) is 5.58. The summed E-state index contributed by atoms with van der Waals surface area (Å²) < 4.78 is 47.8. The molecule has 170 valence electrons. The van der Waals surface area contributed by atoms with Gasteiger partial charge in [0.1, 0.15) is 28.7 Å². The van der Waals surface area contributed by atoms with Crippen molar-refractivity contribution in [2.45, 2.75) is 45.4 Å². The van der Waals surface area contributed by atoms with Gasteiger partial charge in [-0.05, 0) is 19.8 Å². The monoisotopic (exact) mass is 450 g/mol. The van der Waals surface area contributed by atoms with E-state index in [1.165, 1.54) is 4.57 Å². The largest absolute Gasteiger partial charge is 0.503 e. The Balaban J connectivity index is 1.66. The number of amides is 1. The van der Waals surface area contributed by atoms with E-state index in [0.717, 1.165) is 19.0 Å². The number of nitrogens with one attached hydrogen (secondary N) is 1. The van der Waals surface area contributed by atoms with Crippen molar-refractivity contribution >= 4 is 11.7 Å². The minimum atomic E-state index is -1.19. The van der Waals surface area contributed by atoms with Crippen molar-refractivity contribution in [3.63, 3.8) is 0 Å². The Morgan fingerprint density at radius 2 is 1.94 bits per heavy atom. The van der Waals surface area contributed by atoms with Gasteiger partial charge in [-0.3, -0.25) is 14.4 Å². The molecule has 1 aromatic carbocycles. The molecule has 0 saturated carbocycles. The van der Waals surface area contributed by atoms with Crippen LogP contribution in [-0.4, -0.2) is 34.1 Å². The van der Waals surface area contributed by atoms with E-state index in [-0.39, 0.29) is 12.2 Å². The minimum Gasteiger partial charge on any atom is -0.503 e. The number of hydrogen-bond acceptors (Lipinski definition) is 5. The molecule has 2 aliphatic rings. The molecule has 2 atom stereocenters. The van der Waals surface area contributed by atoms with Crippen LogP contribution in [0, 0.1) is 22.9 Å². The maximum Gasteiger partial charge on any atom is 0.257 e. The van der Waals surface area contributed by atoms with Gasteiger partial charge in [-0.1, -0.05) is 6.42 Å². The highest BCUT2D eigenvalue weighted by atomic mass is 19.1. The second kappa shape index (κ2) is 8.09. The summed E-state index contributed by atoms with van der Waals surface area (Å²) in [7, 11) is 0. The first-order chi connectivity index (χ1) is 15.1. The van der Waals surface area contributed by atoms with E-state index >= 15 is 0 Å². The summed E-state index contributed by atoms with van der Waals surface area (Å²) in [6, 6.07) is 0.944. The highest BCUT2D eigenvalue weighted by Gasteiger charge is 2.49. The average molecular weight is 450 g/mol. The van der Waals surface area contributed by atoms with Crippen molar-refractivity contribution in [3.05, 3.63) is 62.8 Å². The summed E-state index contributed by atoms with van der Waals surface area (Å²) in [5.74, 6) is -5.79. The third kappa shape index (κ3) is 3.58. The Labute approximate surface area is 180 Å². The third-order valence-corrected chi connectivity index (χ3v) is 6.25. The van der Waals surface area contributed by atoms with Gasteiger partial charge >= 0.3 is 0 Å². The van der Waals surface area contributed by atoms with Gasteiger partial charge in [0.15, 0.2) is 11.5 Å². The van der Waals surface area contributed by atoms with Crippen molar-refractivity contribution in [2.75, 3.05) is 6.61 Å². The van der Waals surface area contributed by atoms with Gasteiger partial charge in [-0.15, -0.1) is 0 Å². The predicted octanol–water partition coefficient (Wildman–Crippen LogP) is 2.67. The summed E-state index contributed by atoms with van der Waals surface area (Å²) in [5, 5.41) is 12.7. The number of Topliss-reactive ketones (excluding diaryl/α,β-unsaturated/α-hetero) is 1. The van der Waals surface area contributed by atoms with Crippen LogP contribution in [0.25, 0.3) is 0 Å². The molecule has 7 nitrogen and oxygen atoms in total. The lowest BCUT2D eigenvalue weighted by molar-refractivity contribution is -0.0284. The normalized spacial score (nSPS) is 22.6. The van der Waals surface area contributed by atoms with Crippen LogP contribution in [0.3, 0.4) is 0 Å². The number of fused-ring (bicyclic) bond motifs is 2. The van der Waals surface area contributed by atoms with Crippen molar-refractivity contribution in [1.82, 2.24) is 9.88 Å². The molecule has 2 aromatic rings. The van der Waals surface area contributed by atoms with Gasteiger partial charge in [0.25, 0.3) is 5.91 Å². The SMILES string of the molecule is CC12CCCCOC1Cn1cc(C(=O)NCc3c(F)cc(F)cc3F)c(=O)c(O)c1C2=O. The molecule has 2 N–H and O–H groups in total. The van der Waals surface area contributed by atoms with Crippen LogP contribution in [0.1, 0.15) is 52.6 Å². The van der Waals surface area contributed by atoms with Crippen LogP contribution < -0.4 is 10.7 Å². The molecule has 0 radical (unpaired) electrons. The molecule has 4 rings (SSSR count). The van der Waals surface area contributed by atoms with Gasteiger partial charge in [0.2, 0.25) is 5.43 Å². The Bertz CT molecular complexity index is 1160. The first-order valence-electron chi connectivity index (χ1n) is 10.2. The van der Waals surface area contributed by atoms with E-state index in [1.807, 2.05) is 0 Å². The smallest absolute Gasteiger partial charge is 0.257 e. The van der Waals surface area contributed by atoms with E-state index in [2.05, 4.69) is 5.32 Å². The van der Waals surface area contributed by atoms with Crippen molar-refractivity contribution < 1.29 is 32.6 Å². The first-order valence-corrected chi connectivity index (χ1v) is 10.2. The van der Waals surface area contributed by atoms with Crippen LogP contribution >= 0.6 is 0 Å². The fourth-order valence-corrected chi connectivity index (χ4v) is 4.33. The lowest BCUT2D eigenvalue weighted by atomic mass is 9.72. The number of benzene rings is 1. The van der Waals surface area contributed by atoms with Gasteiger partial charge in [-0.25, -0.2) is 13.2 Å². The van der Waals surface area contributed by atoms with Gasteiger partial charge < -0.3 is 19.7 Å². The topological polar surface area (TPSA) is 97.6 Å². The van der Waals surface area contributed by atoms with Crippen LogP contribution in [0.2, 0.25) is 0 Å². The number of nitrogens with zero attached hydrogens (tertiary/aromatic N) is 1. The van der Waals surface area contributed by atoms with Gasteiger partial charge in [0, 0.05) is 37.0 Å². The molecule has 0 spiro atoms. The minimum absolute atomic E-state index is 0.146. The van der Waals surface area contributed by atoms with Crippen molar-refractivity contribution in [3.8, 4) is 5.75 Å². The summed E-state index contributed by atoms with van der Waals surface area (Å²) in [6.45, 7) is 1.71. The standard InChI is InChI=1S/C22H21F3N2O5/c1-22-4-2-3-5-32-16(22)10-27-9-13(18(28)19(29)17(27)20(22)30)21(31)26-8-12-14(24)6-11(23)7-15(12)25/h6-7,9,16,29H,2-5,8,10H2,1H3,(H,26,31). The van der Waals surface area contributed by atoms with E-state index in [9.17, 15) is 32.7 Å². The molecule has 2 aliphatic heterocycles. The molecule has 1 aromatic heterocycles. The van der Waals surface area contributed by atoms with Crippen LogP contribution in [0.15, 0.2) is 23.1 Å². The number of rotatable bonds is 3. The van der Waals surface area contributed by atoms with E-state index in [4.69, 9.17) is 4.74 Å². The zero-order chi connectivity index (χ0) is 23.2. The fourth-order valence-electron chi connectivity index (χ4n) is 4.33. The zero-order valence-corrected chi connectivity index (χ0v) is 17.2. The highest BCUT2D eigenvalue weighted by Crippen LogP contribution is 2.42. The van der Waals surface area contributed by atoms with Gasteiger partial charge in [-0.2, -0.15) is 0 Å². The lowest BCUT2D eigenvalue weighted by Crippen LogP contribution is -2.49. The number of ketones is 1. The number of pyridine rings is 1. The fraction of sp³-hybridized carbons (Fsp3) is 0.409. The maximum atomic E-state index is 13.8. The van der Waals surface area contributed by atoms with Gasteiger partial charge in [0.05, 0.1) is 18.1 Å². The third-order valence-electron chi connectivity index (χ3n) is 6.25. The Hall–Kier alpha value is -3.14. The predicted molar refractivity (Wildman–Crippen MR) is 106 cm³/mol. The first kappa shape index (κ1) is 22.1. The molecule has 1 amide bonds. The summed E-state index contributed by atoms with van der Waals surface area (Å²) >= 11 is 0. The highest BCUT2D eigenvalue weighted by molar-refractivity contribution is 6.03. The molecule has 10 heteroatoms. The molecule has 3 heterocycles. The number of ether oxygens (including phenoxy) is 1. The molecule has 2 unspecified atom stereocenters. The molecule has 0 bridgehead atoms. The van der Waals surface area contributed by atoms with E-state index in [0.29, 0.717) is 25.2 Å². The number of aromatic hydroxyl groups is 1. The summed E-state index contributed by atoms with van der Waals surface area (Å²) in [5.41, 5.74) is -3.24. The van der Waals surface area contributed by atoms with E-state index in [1.54, 1.807) is 6.92 Å². The molecular formula is C22H21F3N2O5. The second-order valence-corrected chi connectivity index (χ2v) is 8.32. The number of halogens is 3. The van der Waals surface area contributed by atoms with Crippen LogP contribution in [0.5, 0.6) is 5.75 Å². The summed E-state index contributed by atoms with van der Waals surface area (Å²) in [4.78, 5) is 38.4. The number of hydrogen-bond donors (Lipinski definition) is 2. The van der Waals surface area contributed by atoms with Crippen molar-refractivity contribution in [1.29, 1.82) is 0 Å². The van der Waals surface area contributed by atoms with E-state index < -0.39 is 69.5 Å². The number of carbonyl (C=O) groups is 2. The zero-order valence-electron chi connectivity index (χ0n) is 17.2. The maximum absolute atomic E-state index is 13.8. The Morgan fingerprint density at radius 3 is 2.62 bits per heavy atom. The molecule has 1 saturated heterocycles. The number of carbonyl (C=O) groups excluding carboxylic acids is 2. The van der Waals surface area contributed by atoms with Crippen molar-refractivity contribution in [2.24, 2.45) is 5.41 Å². The second-order valence-electron chi connectivity index (χ2n) is 8.32. The molecule has 0 aliphatic carbocycles. The lowest BCUT2D eigenvalue weighted by Gasteiger charge is -2.40. The quantitative estimate of drug-likeness (QED) is 0.750. The molecular weight excluding hydrogens is 429 g/mol. The summed E-state index contributed by atoms with van der Waals surface area (Å²) in [6.07, 6.45) is 2.73. The average Bonchev–Trinajstić information content (AvgIpc) is 2.92. The van der Waals surface area contributed by atoms with Crippen LogP contribution in [-0.2, 0) is 17.8 Å². The Morgan fingerprint density at radius 1 is 1.25 bits per heavy atom. The molecule has 32 heavy (non-hydrogen) atoms. The number of aromatic nitrogens is 1. The molecule has 1 fully saturated rings.